The molecule has 1 aromatic carbocycles. The number of aliphatic hydroxyl groups is 1. The molecule has 5 heteroatoms. The van der Waals surface area contributed by atoms with E-state index in [1.807, 2.05) is 31.2 Å². The second-order valence-electron chi connectivity index (χ2n) is 5.31. The number of nitrogens with zero attached hydrogens (tertiary/aromatic N) is 1. The summed E-state index contributed by atoms with van der Waals surface area (Å²) >= 11 is 0. The van der Waals surface area contributed by atoms with E-state index in [4.69, 9.17) is 10.5 Å². The van der Waals surface area contributed by atoms with Crippen LogP contribution in [0.2, 0.25) is 0 Å². The Hall–Kier alpha value is -1.59. The van der Waals surface area contributed by atoms with E-state index < -0.39 is 0 Å². The number of rotatable bonds is 4. The van der Waals surface area contributed by atoms with E-state index >= 15 is 0 Å². The average molecular weight is 278 g/mol. The van der Waals surface area contributed by atoms with Gasteiger partial charge in [-0.25, -0.2) is 0 Å². The lowest BCUT2D eigenvalue weighted by molar-refractivity contribution is -0.136. The Morgan fingerprint density at radius 1 is 1.45 bits per heavy atom. The molecule has 0 radical (unpaired) electrons. The molecule has 0 saturated carbocycles. The van der Waals surface area contributed by atoms with E-state index in [0.29, 0.717) is 31.8 Å². The minimum absolute atomic E-state index is 0.0325. The number of hydrogen-bond donors (Lipinski definition) is 2. The summed E-state index contributed by atoms with van der Waals surface area (Å²) in [5.74, 6) is 0.754. The van der Waals surface area contributed by atoms with E-state index in [1.54, 1.807) is 4.90 Å². The molecule has 0 spiro atoms. The molecule has 0 bridgehead atoms. The maximum Gasteiger partial charge on any atom is 0.260 e. The Morgan fingerprint density at radius 3 is 2.75 bits per heavy atom. The van der Waals surface area contributed by atoms with Gasteiger partial charge in [-0.05, 0) is 30.0 Å². The molecular weight excluding hydrogens is 256 g/mol. The molecule has 1 amide bonds. The molecule has 1 heterocycles. The summed E-state index contributed by atoms with van der Waals surface area (Å²) in [6.45, 7) is 3.67. The number of carbonyl (C=O) groups is 1. The molecule has 0 aliphatic carbocycles. The van der Waals surface area contributed by atoms with E-state index in [2.05, 4.69) is 0 Å². The number of amides is 1. The van der Waals surface area contributed by atoms with Gasteiger partial charge in [-0.1, -0.05) is 19.1 Å². The first-order valence-corrected chi connectivity index (χ1v) is 6.98. The third-order valence-corrected chi connectivity index (χ3v) is 3.73. The fraction of sp³-hybridized carbons (Fsp3) is 0.533. The lowest BCUT2D eigenvalue weighted by atomic mass is 9.97. The maximum atomic E-state index is 12.0. The fourth-order valence-electron chi connectivity index (χ4n) is 2.32. The van der Waals surface area contributed by atoms with Gasteiger partial charge in [-0.3, -0.25) is 4.79 Å². The Kier molecular flexibility index (Phi) is 4.98. The summed E-state index contributed by atoms with van der Waals surface area (Å²) < 4.78 is 5.49. The van der Waals surface area contributed by atoms with Crippen LogP contribution in [0.5, 0.6) is 5.75 Å². The number of nitrogens with two attached hydrogens (primary N) is 1. The van der Waals surface area contributed by atoms with E-state index in [0.717, 1.165) is 5.56 Å². The molecule has 3 N–H and O–H groups in total. The number of benzene rings is 1. The Morgan fingerprint density at radius 2 is 2.15 bits per heavy atom. The monoisotopic (exact) mass is 278 g/mol. The van der Waals surface area contributed by atoms with Crippen LogP contribution in [0.15, 0.2) is 24.3 Å². The smallest absolute Gasteiger partial charge is 0.260 e. The van der Waals surface area contributed by atoms with Crippen molar-refractivity contribution in [1.82, 2.24) is 4.90 Å². The molecule has 1 aromatic rings. The summed E-state index contributed by atoms with van der Waals surface area (Å²) in [6, 6.07) is 7.41. The predicted molar refractivity (Wildman–Crippen MR) is 76.2 cm³/mol. The normalized spacial score (nSPS) is 22.6. The minimum atomic E-state index is -0.302. The highest BCUT2D eigenvalue weighted by molar-refractivity contribution is 5.77. The molecule has 2 atom stereocenters. The summed E-state index contributed by atoms with van der Waals surface area (Å²) in [5, 5.41) is 9.66. The van der Waals surface area contributed by atoms with Crippen LogP contribution in [0.4, 0.5) is 0 Å². The maximum absolute atomic E-state index is 12.0. The van der Waals surface area contributed by atoms with Crippen molar-refractivity contribution in [2.75, 3.05) is 19.7 Å². The van der Waals surface area contributed by atoms with Crippen molar-refractivity contribution >= 4 is 5.91 Å². The molecular formula is C15H22N2O3. The molecule has 2 unspecified atom stereocenters. The topological polar surface area (TPSA) is 75.8 Å². The molecule has 1 aliphatic rings. The highest BCUT2D eigenvalue weighted by atomic mass is 16.5. The van der Waals surface area contributed by atoms with Crippen LogP contribution in [-0.4, -0.2) is 41.7 Å². The number of likely N-dealkylation sites (tertiary alicyclic amines) is 1. The Bertz CT molecular complexity index is 447. The van der Waals surface area contributed by atoms with Gasteiger partial charge < -0.3 is 20.5 Å². The second-order valence-corrected chi connectivity index (χ2v) is 5.31. The van der Waals surface area contributed by atoms with Gasteiger partial charge in [0.05, 0.1) is 6.10 Å². The highest BCUT2D eigenvalue weighted by Crippen LogP contribution is 2.17. The standard InChI is InChI=1S/C15H22N2O3/c1-11-9-17(7-6-14(11)18)15(19)10-20-13-4-2-12(8-16)3-5-13/h2-5,11,14,18H,6-10,16H2,1H3. The highest BCUT2D eigenvalue weighted by Gasteiger charge is 2.27. The number of ether oxygens (including phenoxy) is 1. The molecule has 1 fully saturated rings. The Labute approximate surface area is 119 Å². The molecule has 1 aliphatic heterocycles. The largest absolute Gasteiger partial charge is 0.484 e. The minimum Gasteiger partial charge on any atom is -0.484 e. The Balaban J connectivity index is 1.82. The number of piperidine rings is 1. The first-order valence-electron chi connectivity index (χ1n) is 6.98. The molecule has 20 heavy (non-hydrogen) atoms. The quantitative estimate of drug-likeness (QED) is 0.852. The van der Waals surface area contributed by atoms with Crippen LogP contribution in [0, 0.1) is 5.92 Å². The number of carbonyl (C=O) groups excluding carboxylic acids is 1. The SMILES string of the molecule is CC1CN(C(=O)COc2ccc(CN)cc2)CCC1O. The molecule has 5 nitrogen and oxygen atoms in total. The molecule has 2 rings (SSSR count). The number of hydrogen-bond acceptors (Lipinski definition) is 4. The van der Waals surface area contributed by atoms with E-state index in [1.165, 1.54) is 0 Å². The van der Waals surface area contributed by atoms with Gasteiger partial charge in [0.15, 0.2) is 6.61 Å². The molecule has 1 saturated heterocycles. The lowest BCUT2D eigenvalue weighted by Gasteiger charge is -2.34. The first-order chi connectivity index (χ1) is 9.60. The fourth-order valence-corrected chi connectivity index (χ4v) is 2.32. The van der Waals surface area contributed by atoms with E-state index in [-0.39, 0.29) is 24.5 Å². The van der Waals surface area contributed by atoms with Gasteiger partial charge in [0.1, 0.15) is 5.75 Å². The molecule has 0 aromatic heterocycles. The number of aliphatic hydroxyl groups excluding tert-OH is 1. The van der Waals surface area contributed by atoms with Gasteiger partial charge in [0.2, 0.25) is 0 Å². The zero-order valence-corrected chi connectivity index (χ0v) is 11.8. The van der Waals surface area contributed by atoms with Crippen molar-refractivity contribution in [3.05, 3.63) is 29.8 Å². The third kappa shape index (κ3) is 3.71. The van der Waals surface area contributed by atoms with Crippen molar-refractivity contribution in [2.45, 2.75) is 26.0 Å². The van der Waals surface area contributed by atoms with E-state index in [9.17, 15) is 9.90 Å². The third-order valence-electron chi connectivity index (χ3n) is 3.73. The molecule has 110 valence electrons. The first kappa shape index (κ1) is 14.8. The van der Waals surface area contributed by atoms with Crippen molar-refractivity contribution in [3.8, 4) is 5.75 Å². The zero-order chi connectivity index (χ0) is 14.5. The van der Waals surface area contributed by atoms with Gasteiger partial charge >= 0.3 is 0 Å². The summed E-state index contributed by atoms with van der Waals surface area (Å²) in [7, 11) is 0. The zero-order valence-electron chi connectivity index (χ0n) is 11.8. The second kappa shape index (κ2) is 6.72. The summed E-state index contributed by atoms with van der Waals surface area (Å²) in [4.78, 5) is 13.8. The van der Waals surface area contributed by atoms with Crippen LogP contribution in [-0.2, 0) is 11.3 Å². The van der Waals surface area contributed by atoms with Crippen molar-refractivity contribution in [1.29, 1.82) is 0 Å². The lowest BCUT2D eigenvalue weighted by Crippen LogP contribution is -2.46. The van der Waals surface area contributed by atoms with Gasteiger partial charge in [0.25, 0.3) is 5.91 Å². The summed E-state index contributed by atoms with van der Waals surface area (Å²) in [5.41, 5.74) is 6.55. The van der Waals surface area contributed by atoms with Crippen molar-refractivity contribution < 1.29 is 14.6 Å². The predicted octanol–water partition coefficient (Wildman–Crippen LogP) is 0.753. The van der Waals surface area contributed by atoms with Crippen LogP contribution in [0.25, 0.3) is 0 Å². The van der Waals surface area contributed by atoms with Crippen molar-refractivity contribution in [3.63, 3.8) is 0 Å². The van der Waals surface area contributed by atoms with Crippen LogP contribution in [0.3, 0.4) is 0 Å². The van der Waals surface area contributed by atoms with Gasteiger partial charge in [0, 0.05) is 19.6 Å². The van der Waals surface area contributed by atoms with Crippen LogP contribution in [0.1, 0.15) is 18.9 Å². The van der Waals surface area contributed by atoms with Crippen molar-refractivity contribution in [2.24, 2.45) is 11.7 Å². The van der Waals surface area contributed by atoms with Crippen LogP contribution >= 0.6 is 0 Å². The van der Waals surface area contributed by atoms with Crippen LogP contribution < -0.4 is 10.5 Å². The summed E-state index contributed by atoms with van der Waals surface area (Å²) in [6.07, 6.45) is 0.335. The average Bonchev–Trinajstić information content (AvgIpc) is 2.48. The van der Waals surface area contributed by atoms with Gasteiger partial charge in [-0.2, -0.15) is 0 Å². The van der Waals surface area contributed by atoms with Gasteiger partial charge in [-0.15, -0.1) is 0 Å².